The minimum Gasteiger partial charge on any atom is -0.469 e. The second-order valence-corrected chi connectivity index (χ2v) is 4.95. The molecule has 3 heterocycles. The fourth-order valence-corrected chi connectivity index (χ4v) is 3.17. The summed E-state index contributed by atoms with van der Waals surface area (Å²) in [4.78, 5) is 2.53. The first kappa shape index (κ1) is 10.4. The van der Waals surface area contributed by atoms with E-state index in [2.05, 4.69) is 23.2 Å². The average Bonchev–Trinajstić information content (AvgIpc) is 2.80. The summed E-state index contributed by atoms with van der Waals surface area (Å²) in [7, 11) is 0. The third-order valence-corrected chi connectivity index (χ3v) is 4.23. The Hall–Kier alpha value is -0.800. The number of furan rings is 1. The molecule has 3 heteroatoms. The van der Waals surface area contributed by atoms with Crippen LogP contribution in [-0.4, -0.2) is 31.1 Å². The van der Waals surface area contributed by atoms with Gasteiger partial charge in [0.15, 0.2) is 0 Å². The summed E-state index contributed by atoms with van der Waals surface area (Å²) in [5.41, 5.74) is 1.64. The zero-order valence-electron chi connectivity index (χ0n) is 9.96. The molecule has 0 amide bonds. The zero-order chi connectivity index (χ0) is 11.0. The van der Waals surface area contributed by atoms with E-state index >= 15 is 0 Å². The van der Waals surface area contributed by atoms with E-state index in [-0.39, 0.29) is 5.54 Å². The molecule has 1 fully saturated rings. The molecular formula is C13H20N2O. The highest BCUT2D eigenvalue weighted by Gasteiger charge is 2.40. The molecule has 16 heavy (non-hydrogen) atoms. The van der Waals surface area contributed by atoms with Gasteiger partial charge in [0, 0.05) is 37.2 Å². The van der Waals surface area contributed by atoms with Gasteiger partial charge in [0.2, 0.25) is 0 Å². The summed E-state index contributed by atoms with van der Waals surface area (Å²) in [6, 6.07) is 2.17. The van der Waals surface area contributed by atoms with Crippen molar-refractivity contribution < 1.29 is 4.42 Å². The number of hydrogen-bond donors (Lipinski definition) is 1. The molecule has 3 rings (SSSR count). The van der Waals surface area contributed by atoms with Gasteiger partial charge in [-0.25, -0.2) is 0 Å². The molecule has 88 valence electrons. The van der Waals surface area contributed by atoms with E-state index in [0.29, 0.717) is 0 Å². The molecule has 0 radical (unpaired) electrons. The number of rotatable bonds is 1. The van der Waals surface area contributed by atoms with Gasteiger partial charge in [-0.05, 0) is 25.5 Å². The lowest BCUT2D eigenvalue weighted by Gasteiger charge is -2.44. The van der Waals surface area contributed by atoms with Crippen molar-refractivity contribution in [1.82, 2.24) is 10.2 Å². The first-order chi connectivity index (χ1) is 7.84. The van der Waals surface area contributed by atoms with Gasteiger partial charge in [0.05, 0.1) is 6.26 Å². The van der Waals surface area contributed by atoms with Gasteiger partial charge in [-0.15, -0.1) is 0 Å². The molecule has 0 unspecified atom stereocenters. The van der Waals surface area contributed by atoms with Crippen LogP contribution in [0.1, 0.15) is 31.1 Å². The predicted molar refractivity (Wildman–Crippen MR) is 63.4 cm³/mol. The number of nitrogens with one attached hydrogen (secondary N) is 1. The quantitative estimate of drug-likeness (QED) is 0.781. The minimum absolute atomic E-state index is 0.215. The highest BCUT2D eigenvalue weighted by atomic mass is 16.3. The van der Waals surface area contributed by atoms with Gasteiger partial charge in [0.1, 0.15) is 5.76 Å². The van der Waals surface area contributed by atoms with E-state index in [9.17, 15) is 0 Å². The van der Waals surface area contributed by atoms with E-state index in [1.54, 1.807) is 0 Å². The van der Waals surface area contributed by atoms with Crippen LogP contribution in [0.15, 0.2) is 16.7 Å². The molecule has 2 aliphatic heterocycles. The van der Waals surface area contributed by atoms with Crippen LogP contribution in [0, 0.1) is 0 Å². The van der Waals surface area contributed by atoms with Gasteiger partial charge < -0.3 is 14.6 Å². The van der Waals surface area contributed by atoms with Crippen LogP contribution >= 0.6 is 0 Å². The Balaban J connectivity index is 1.86. The molecule has 1 spiro atoms. The fraction of sp³-hybridized carbons (Fsp3) is 0.692. The van der Waals surface area contributed by atoms with E-state index in [1.165, 1.54) is 43.8 Å². The van der Waals surface area contributed by atoms with Crippen LogP contribution < -0.4 is 5.32 Å². The Labute approximate surface area is 96.8 Å². The molecule has 2 aliphatic rings. The van der Waals surface area contributed by atoms with Gasteiger partial charge in [-0.1, -0.05) is 6.92 Å². The van der Waals surface area contributed by atoms with Crippen LogP contribution in [0.3, 0.4) is 0 Å². The van der Waals surface area contributed by atoms with Crippen LogP contribution in [-0.2, 0) is 12.0 Å². The Morgan fingerprint density at radius 1 is 1.44 bits per heavy atom. The number of fused-ring (bicyclic) bond motifs is 2. The second-order valence-electron chi connectivity index (χ2n) is 4.95. The summed E-state index contributed by atoms with van der Waals surface area (Å²) in [6.45, 7) is 6.89. The third kappa shape index (κ3) is 1.50. The number of likely N-dealkylation sites (tertiary alicyclic amines) is 1. The molecule has 1 aromatic heterocycles. The van der Waals surface area contributed by atoms with Crippen molar-refractivity contribution in [3.05, 3.63) is 23.7 Å². The SMILES string of the molecule is CCN1CCC2(CC1)NCCc1occc12. The van der Waals surface area contributed by atoms with Crippen LogP contribution in [0.25, 0.3) is 0 Å². The van der Waals surface area contributed by atoms with Crippen molar-refractivity contribution in [3.63, 3.8) is 0 Å². The molecule has 1 aromatic rings. The smallest absolute Gasteiger partial charge is 0.110 e. The average molecular weight is 220 g/mol. The van der Waals surface area contributed by atoms with Crippen LogP contribution in [0.4, 0.5) is 0 Å². The van der Waals surface area contributed by atoms with Crippen molar-refractivity contribution in [2.24, 2.45) is 0 Å². The van der Waals surface area contributed by atoms with Gasteiger partial charge in [-0.3, -0.25) is 0 Å². The standard InChI is InChI=1S/C13H20N2O/c1-2-15-8-5-13(6-9-15)11-4-10-16-12(11)3-7-14-13/h4,10,14H,2-3,5-9H2,1H3. The van der Waals surface area contributed by atoms with Gasteiger partial charge in [0.25, 0.3) is 0 Å². The molecule has 0 bridgehead atoms. The first-order valence-corrected chi connectivity index (χ1v) is 6.38. The summed E-state index contributed by atoms with van der Waals surface area (Å²) < 4.78 is 5.58. The Kier molecular flexibility index (Phi) is 2.52. The summed E-state index contributed by atoms with van der Waals surface area (Å²) in [5.74, 6) is 1.21. The minimum atomic E-state index is 0.215. The van der Waals surface area contributed by atoms with E-state index in [0.717, 1.165) is 13.0 Å². The maximum atomic E-state index is 5.58. The largest absolute Gasteiger partial charge is 0.469 e. The molecule has 0 aliphatic carbocycles. The maximum absolute atomic E-state index is 5.58. The second kappa shape index (κ2) is 3.90. The summed E-state index contributed by atoms with van der Waals surface area (Å²) >= 11 is 0. The van der Waals surface area contributed by atoms with E-state index < -0.39 is 0 Å². The maximum Gasteiger partial charge on any atom is 0.110 e. The first-order valence-electron chi connectivity index (χ1n) is 6.38. The lowest BCUT2D eigenvalue weighted by molar-refractivity contribution is 0.131. The molecular weight excluding hydrogens is 200 g/mol. The normalized spacial score (nSPS) is 24.6. The van der Waals surface area contributed by atoms with Crippen LogP contribution in [0.5, 0.6) is 0 Å². The summed E-state index contributed by atoms with van der Waals surface area (Å²) in [5, 5.41) is 3.73. The van der Waals surface area contributed by atoms with Crippen LogP contribution in [0.2, 0.25) is 0 Å². The van der Waals surface area contributed by atoms with Gasteiger partial charge >= 0.3 is 0 Å². The number of piperidine rings is 1. The number of hydrogen-bond acceptors (Lipinski definition) is 3. The Morgan fingerprint density at radius 2 is 2.25 bits per heavy atom. The van der Waals surface area contributed by atoms with E-state index in [1.807, 2.05) is 6.26 Å². The predicted octanol–water partition coefficient (Wildman–Crippen LogP) is 1.74. The molecule has 0 saturated carbocycles. The molecule has 0 atom stereocenters. The zero-order valence-corrected chi connectivity index (χ0v) is 9.96. The van der Waals surface area contributed by atoms with E-state index in [4.69, 9.17) is 4.42 Å². The van der Waals surface area contributed by atoms with Crippen molar-refractivity contribution in [2.75, 3.05) is 26.2 Å². The van der Waals surface area contributed by atoms with Crippen molar-refractivity contribution in [3.8, 4) is 0 Å². The molecule has 0 aromatic carbocycles. The highest BCUT2D eigenvalue weighted by Crippen LogP contribution is 2.37. The molecule has 3 nitrogen and oxygen atoms in total. The van der Waals surface area contributed by atoms with Gasteiger partial charge in [-0.2, -0.15) is 0 Å². The Morgan fingerprint density at radius 3 is 3.00 bits per heavy atom. The monoisotopic (exact) mass is 220 g/mol. The lowest BCUT2D eigenvalue weighted by Crippen LogP contribution is -2.53. The highest BCUT2D eigenvalue weighted by molar-refractivity contribution is 5.30. The molecule has 1 saturated heterocycles. The summed E-state index contributed by atoms with van der Waals surface area (Å²) in [6.07, 6.45) is 5.33. The third-order valence-electron chi connectivity index (χ3n) is 4.23. The van der Waals surface area contributed by atoms with Crippen molar-refractivity contribution >= 4 is 0 Å². The molecule has 1 N–H and O–H groups in total. The number of nitrogens with zero attached hydrogens (tertiary/aromatic N) is 1. The van der Waals surface area contributed by atoms with Crippen molar-refractivity contribution in [1.29, 1.82) is 0 Å². The topological polar surface area (TPSA) is 28.4 Å². The Bertz CT molecular complexity index is 364. The van der Waals surface area contributed by atoms with Crippen molar-refractivity contribution in [2.45, 2.75) is 31.7 Å². The lowest BCUT2D eigenvalue weighted by atomic mass is 9.78. The fourth-order valence-electron chi connectivity index (χ4n) is 3.17.